The summed E-state index contributed by atoms with van der Waals surface area (Å²) in [5.74, 6) is -1.24. The number of aliphatic hydroxyl groups is 1. The fourth-order valence-electron chi connectivity index (χ4n) is 1.57. The molecule has 4 nitrogen and oxygen atoms in total. The van der Waals surface area contributed by atoms with Gasteiger partial charge in [-0.1, -0.05) is 26.8 Å². The number of thiazole rings is 1. The molecular weight excluding hydrogens is 250 g/mol. The minimum Gasteiger partial charge on any atom is -0.479 e. The molecule has 1 atom stereocenters. The second kappa shape index (κ2) is 4.33. The van der Waals surface area contributed by atoms with Crippen molar-refractivity contribution in [3.8, 4) is 0 Å². The zero-order valence-corrected chi connectivity index (χ0v) is 11.3. The van der Waals surface area contributed by atoms with E-state index in [9.17, 15) is 9.90 Å². The number of aromatic nitrogens is 1. The average Bonchev–Trinajstić information content (AvgIpc) is 2.69. The molecular formula is C13H15NO3S. The van der Waals surface area contributed by atoms with Crippen molar-refractivity contribution in [1.29, 1.82) is 0 Å². The molecule has 5 heteroatoms. The van der Waals surface area contributed by atoms with Gasteiger partial charge in [-0.25, -0.2) is 9.78 Å². The zero-order chi connectivity index (χ0) is 13.5. The van der Waals surface area contributed by atoms with Crippen LogP contribution in [0.5, 0.6) is 0 Å². The summed E-state index contributed by atoms with van der Waals surface area (Å²) < 4.78 is 0.901. The topological polar surface area (TPSA) is 70.4 Å². The normalized spacial score (nSPS) is 13.8. The number of hydrogen-bond donors (Lipinski definition) is 2. The number of nitrogens with zero attached hydrogens (tertiary/aromatic N) is 1. The van der Waals surface area contributed by atoms with Gasteiger partial charge in [-0.15, -0.1) is 11.3 Å². The third-order valence-electron chi connectivity index (χ3n) is 2.60. The minimum absolute atomic E-state index is 0.0325. The number of benzene rings is 1. The summed E-state index contributed by atoms with van der Waals surface area (Å²) in [6.45, 7) is 6.24. The van der Waals surface area contributed by atoms with Gasteiger partial charge in [0.1, 0.15) is 0 Å². The first kappa shape index (κ1) is 13.0. The first-order chi connectivity index (χ1) is 8.29. The van der Waals surface area contributed by atoms with E-state index in [-0.39, 0.29) is 5.41 Å². The van der Waals surface area contributed by atoms with Crippen molar-refractivity contribution in [3.05, 3.63) is 28.8 Å². The van der Waals surface area contributed by atoms with Crippen LogP contribution < -0.4 is 0 Å². The molecule has 0 aliphatic carbocycles. The Morgan fingerprint density at radius 2 is 2.06 bits per heavy atom. The largest absolute Gasteiger partial charge is 0.479 e. The molecule has 0 saturated heterocycles. The predicted molar refractivity (Wildman–Crippen MR) is 70.9 cm³/mol. The number of aliphatic hydroxyl groups excluding tert-OH is 1. The lowest BCUT2D eigenvalue weighted by atomic mass is 9.98. The lowest BCUT2D eigenvalue weighted by molar-refractivity contribution is -0.146. The molecule has 0 radical (unpaired) electrons. The molecule has 1 heterocycles. The highest BCUT2D eigenvalue weighted by Crippen LogP contribution is 2.32. The molecule has 0 saturated carbocycles. The van der Waals surface area contributed by atoms with Gasteiger partial charge in [0, 0.05) is 5.41 Å². The van der Waals surface area contributed by atoms with Crippen molar-refractivity contribution < 1.29 is 15.0 Å². The smallest absolute Gasteiger partial charge is 0.337 e. The maximum absolute atomic E-state index is 10.7. The van der Waals surface area contributed by atoms with Gasteiger partial charge in [-0.3, -0.25) is 0 Å². The van der Waals surface area contributed by atoms with E-state index < -0.39 is 12.1 Å². The van der Waals surface area contributed by atoms with Crippen molar-refractivity contribution in [3.63, 3.8) is 0 Å². The molecule has 2 rings (SSSR count). The molecule has 0 spiro atoms. The van der Waals surface area contributed by atoms with E-state index in [4.69, 9.17) is 5.11 Å². The lowest BCUT2D eigenvalue weighted by Crippen LogP contribution is -2.10. The summed E-state index contributed by atoms with van der Waals surface area (Å²) >= 11 is 1.53. The summed E-state index contributed by atoms with van der Waals surface area (Å²) in [5, 5.41) is 19.3. The number of carboxylic acid groups (broad SMARTS) is 1. The summed E-state index contributed by atoms with van der Waals surface area (Å²) in [4.78, 5) is 15.3. The summed E-state index contributed by atoms with van der Waals surface area (Å²) in [6, 6.07) is 5.05. The number of fused-ring (bicyclic) bond motifs is 1. The Hall–Kier alpha value is -1.46. The fourth-order valence-corrected chi connectivity index (χ4v) is 2.65. The monoisotopic (exact) mass is 265 g/mol. The summed E-state index contributed by atoms with van der Waals surface area (Å²) in [5.41, 5.74) is 1.19. The van der Waals surface area contributed by atoms with Crippen LogP contribution in [-0.2, 0) is 10.2 Å². The second-order valence-corrected chi connectivity index (χ2v) is 6.27. The molecule has 1 aromatic carbocycles. The Kier molecular flexibility index (Phi) is 3.12. The van der Waals surface area contributed by atoms with Crippen LogP contribution in [-0.4, -0.2) is 21.2 Å². The van der Waals surface area contributed by atoms with Crippen LogP contribution in [0.4, 0.5) is 0 Å². The van der Waals surface area contributed by atoms with Gasteiger partial charge in [0.15, 0.2) is 6.10 Å². The average molecular weight is 265 g/mol. The molecule has 0 aliphatic rings. The van der Waals surface area contributed by atoms with Gasteiger partial charge in [0.2, 0.25) is 0 Å². The van der Waals surface area contributed by atoms with Gasteiger partial charge in [-0.2, -0.15) is 0 Å². The zero-order valence-electron chi connectivity index (χ0n) is 10.5. The number of hydrogen-bond acceptors (Lipinski definition) is 4. The number of rotatable bonds is 2. The van der Waals surface area contributed by atoms with E-state index >= 15 is 0 Å². The van der Waals surface area contributed by atoms with E-state index in [1.165, 1.54) is 11.3 Å². The Bertz CT molecular complexity index is 598. The van der Waals surface area contributed by atoms with Gasteiger partial charge in [-0.05, 0) is 17.7 Å². The number of aliphatic carboxylic acids is 1. The Morgan fingerprint density at radius 3 is 2.61 bits per heavy atom. The van der Waals surface area contributed by atoms with Gasteiger partial charge < -0.3 is 10.2 Å². The maximum Gasteiger partial charge on any atom is 0.337 e. The third-order valence-corrected chi connectivity index (χ3v) is 4.05. The van der Waals surface area contributed by atoms with Crippen molar-refractivity contribution in [2.24, 2.45) is 0 Å². The van der Waals surface area contributed by atoms with Crippen molar-refractivity contribution in [1.82, 2.24) is 4.98 Å². The first-order valence-corrected chi connectivity index (χ1v) is 6.42. The first-order valence-electron chi connectivity index (χ1n) is 5.61. The number of carbonyl (C=O) groups is 1. The molecule has 1 unspecified atom stereocenters. The highest BCUT2D eigenvalue weighted by Gasteiger charge is 2.20. The molecule has 2 aromatic rings. The molecule has 1 aromatic heterocycles. The Balaban J connectivity index is 2.49. The maximum atomic E-state index is 10.7. The van der Waals surface area contributed by atoms with Gasteiger partial charge in [0.25, 0.3) is 0 Å². The van der Waals surface area contributed by atoms with Crippen LogP contribution in [0.25, 0.3) is 10.2 Å². The highest BCUT2D eigenvalue weighted by molar-refractivity contribution is 7.18. The van der Waals surface area contributed by atoms with Gasteiger partial charge >= 0.3 is 5.97 Å². The van der Waals surface area contributed by atoms with E-state index in [0.717, 1.165) is 15.2 Å². The SMILES string of the molecule is CC(C)(C)c1nc2ccc(C(O)C(=O)O)cc2s1. The Morgan fingerprint density at radius 1 is 1.39 bits per heavy atom. The van der Waals surface area contributed by atoms with E-state index in [0.29, 0.717) is 5.56 Å². The Labute approximate surface area is 109 Å². The van der Waals surface area contributed by atoms with Crippen LogP contribution in [0.1, 0.15) is 37.4 Å². The van der Waals surface area contributed by atoms with Crippen molar-refractivity contribution >= 4 is 27.5 Å². The second-order valence-electron chi connectivity index (χ2n) is 5.24. The van der Waals surface area contributed by atoms with Crippen molar-refractivity contribution in [2.75, 3.05) is 0 Å². The molecule has 0 aliphatic heterocycles. The van der Waals surface area contributed by atoms with Crippen LogP contribution in [0.2, 0.25) is 0 Å². The lowest BCUT2D eigenvalue weighted by Gasteiger charge is -2.13. The standard InChI is InChI=1S/C13H15NO3S/c1-13(2,3)12-14-8-5-4-7(6-9(8)18-12)10(15)11(16)17/h4-6,10,15H,1-3H3,(H,16,17). The van der Waals surface area contributed by atoms with E-state index in [2.05, 4.69) is 25.8 Å². The highest BCUT2D eigenvalue weighted by atomic mass is 32.1. The molecule has 96 valence electrons. The summed E-state index contributed by atoms with van der Waals surface area (Å²) in [7, 11) is 0. The molecule has 0 bridgehead atoms. The van der Waals surface area contributed by atoms with E-state index in [1.807, 2.05) is 0 Å². The summed E-state index contributed by atoms with van der Waals surface area (Å²) in [6.07, 6.45) is -1.48. The van der Waals surface area contributed by atoms with E-state index in [1.54, 1.807) is 18.2 Å². The van der Waals surface area contributed by atoms with Crippen LogP contribution in [0, 0.1) is 0 Å². The fraction of sp³-hybridized carbons (Fsp3) is 0.385. The minimum atomic E-state index is -1.48. The molecule has 0 amide bonds. The van der Waals surface area contributed by atoms with Crippen molar-refractivity contribution in [2.45, 2.75) is 32.3 Å². The number of carboxylic acids is 1. The molecule has 0 fully saturated rings. The predicted octanol–water partition coefficient (Wildman–Crippen LogP) is 2.71. The van der Waals surface area contributed by atoms with Crippen LogP contribution in [0.3, 0.4) is 0 Å². The molecule has 2 N–H and O–H groups in total. The third kappa shape index (κ3) is 2.37. The molecule has 18 heavy (non-hydrogen) atoms. The quantitative estimate of drug-likeness (QED) is 0.876. The van der Waals surface area contributed by atoms with Crippen LogP contribution >= 0.6 is 11.3 Å². The van der Waals surface area contributed by atoms with Gasteiger partial charge in [0.05, 0.1) is 15.2 Å². The van der Waals surface area contributed by atoms with Crippen LogP contribution in [0.15, 0.2) is 18.2 Å².